The van der Waals surface area contributed by atoms with Gasteiger partial charge in [0.1, 0.15) is 0 Å². The Morgan fingerprint density at radius 2 is 1.76 bits per heavy atom. The number of hydrogen-bond donors (Lipinski definition) is 1. The van der Waals surface area contributed by atoms with Crippen LogP contribution < -0.4 is 10.2 Å². The summed E-state index contributed by atoms with van der Waals surface area (Å²) in [5.74, 6) is -1.52. The van der Waals surface area contributed by atoms with Crippen molar-refractivity contribution in [2.45, 2.75) is 19.3 Å². The van der Waals surface area contributed by atoms with Crippen LogP contribution in [0.4, 0.5) is 11.4 Å². The van der Waals surface area contributed by atoms with Gasteiger partial charge in [-0.15, -0.1) is 0 Å². The van der Waals surface area contributed by atoms with E-state index in [0.717, 1.165) is 23.7 Å². The number of imide groups is 1. The quantitative estimate of drug-likeness (QED) is 0.455. The number of halogens is 2. The Morgan fingerprint density at radius 1 is 1.06 bits per heavy atom. The van der Waals surface area contributed by atoms with Gasteiger partial charge in [0.15, 0.2) is 6.61 Å². The van der Waals surface area contributed by atoms with Crippen LogP contribution in [0.2, 0.25) is 5.02 Å². The summed E-state index contributed by atoms with van der Waals surface area (Å²) in [5, 5.41) is 2.92. The number of amides is 3. The number of anilines is 2. The minimum atomic E-state index is -0.728. The van der Waals surface area contributed by atoms with E-state index < -0.39 is 18.5 Å². The molecule has 3 aliphatic rings. The summed E-state index contributed by atoms with van der Waals surface area (Å²) >= 11 is 9.37. The van der Waals surface area contributed by atoms with Crippen molar-refractivity contribution in [2.75, 3.05) is 16.8 Å². The van der Waals surface area contributed by atoms with Crippen LogP contribution in [0, 0.1) is 23.7 Å². The topological polar surface area (TPSA) is 92.8 Å². The molecule has 0 unspecified atom stereocenters. The third kappa shape index (κ3) is 3.95. The van der Waals surface area contributed by atoms with Crippen LogP contribution in [0.5, 0.6) is 0 Å². The average Bonchev–Trinajstić information content (AvgIpc) is 3.48. The van der Waals surface area contributed by atoms with Crippen LogP contribution in [0.1, 0.15) is 29.6 Å². The highest BCUT2D eigenvalue weighted by Crippen LogP contribution is 2.56. The van der Waals surface area contributed by atoms with E-state index in [0.29, 0.717) is 16.4 Å². The van der Waals surface area contributed by atoms with Gasteiger partial charge in [0.2, 0.25) is 11.8 Å². The van der Waals surface area contributed by atoms with E-state index >= 15 is 0 Å². The molecular formula is C24H20BrClN2O5. The maximum absolute atomic E-state index is 13.0. The van der Waals surface area contributed by atoms with Crippen LogP contribution in [0.25, 0.3) is 0 Å². The van der Waals surface area contributed by atoms with Gasteiger partial charge in [-0.05, 0) is 67.5 Å². The molecule has 0 spiro atoms. The molecule has 2 aromatic rings. The van der Waals surface area contributed by atoms with E-state index in [9.17, 15) is 19.2 Å². The Bertz CT molecular complexity index is 1160. The highest BCUT2D eigenvalue weighted by Gasteiger charge is 2.61. The van der Waals surface area contributed by atoms with Crippen molar-refractivity contribution < 1.29 is 23.9 Å². The monoisotopic (exact) mass is 530 g/mol. The van der Waals surface area contributed by atoms with Gasteiger partial charge in [-0.1, -0.05) is 33.6 Å². The number of benzene rings is 2. The largest absolute Gasteiger partial charge is 0.452 e. The zero-order chi connectivity index (χ0) is 23.3. The Morgan fingerprint density at radius 3 is 2.42 bits per heavy atom. The number of carbonyl (C=O) groups excluding carboxylic acids is 4. The fourth-order valence-corrected chi connectivity index (χ4v) is 6.15. The van der Waals surface area contributed by atoms with Crippen LogP contribution in [0.15, 0.2) is 46.9 Å². The van der Waals surface area contributed by atoms with E-state index in [4.69, 9.17) is 16.3 Å². The number of nitrogens with zero attached hydrogens (tertiary/aromatic N) is 1. The van der Waals surface area contributed by atoms with E-state index in [2.05, 4.69) is 21.2 Å². The number of esters is 1. The molecule has 1 aliphatic heterocycles. The number of fused-ring (bicyclic) bond motifs is 5. The predicted octanol–water partition coefficient (Wildman–Crippen LogP) is 4.43. The lowest BCUT2D eigenvalue weighted by atomic mass is 9.81. The molecule has 1 saturated heterocycles. The Balaban J connectivity index is 1.25. The molecule has 3 fully saturated rings. The van der Waals surface area contributed by atoms with Crippen molar-refractivity contribution in [1.82, 2.24) is 0 Å². The second-order valence-electron chi connectivity index (χ2n) is 8.70. The lowest BCUT2D eigenvalue weighted by Gasteiger charge is -2.19. The lowest BCUT2D eigenvalue weighted by Crippen LogP contribution is -2.32. The van der Waals surface area contributed by atoms with Gasteiger partial charge in [-0.2, -0.15) is 0 Å². The molecule has 170 valence electrons. The Hall–Kier alpha value is -2.71. The summed E-state index contributed by atoms with van der Waals surface area (Å²) in [6.07, 6.45) is 2.96. The third-order valence-corrected chi connectivity index (χ3v) is 7.61. The number of ether oxygens (including phenoxy) is 1. The van der Waals surface area contributed by atoms with Gasteiger partial charge in [0.05, 0.1) is 33.8 Å². The van der Waals surface area contributed by atoms with Gasteiger partial charge in [-0.25, -0.2) is 4.79 Å². The zero-order valence-electron chi connectivity index (χ0n) is 17.4. The van der Waals surface area contributed by atoms with Gasteiger partial charge < -0.3 is 10.1 Å². The van der Waals surface area contributed by atoms with Crippen LogP contribution in [0.3, 0.4) is 0 Å². The lowest BCUT2D eigenvalue weighted by molar-refractivity contribution is -0.123. The molecule has 9 heteroatoms. The molecule has 2 saturated carbocycles. The first-order chi connectivity index (χ1) is 15.8. The fourth-order valence-electron chi connectivity index (χ4n) is 5.43. The van der Waals surface area contributed by atoms with Crippen LogP contribution in [-0.4, -0.2) is 30.3 Å². The Kier molecular flexibility index (Phi) is 5.74. The van der Waals surface area contributed by atoms with E-state index in [1.54, 1.807) is 30.3 Å². The van der Waals surface area contributed by atoms with Crippen molar-refractivity contribution in [3.63, 3.8) is 0 Å². The SMILES string of the molecule is O=C(COC(=O)c1cccc(N2C(=O)[C@@H]3[C@H]4CC[C@@H](C4)[C@@H]3C2=O)c1)Nc1ccc(Br)cc1Cl. The fraction of sp³-hybridized carbons (Fsp3) is 0.333. The standard InChI is InChI=1S/C24H20BrClN2O5/c25-15-6-7-18(17(26)10-15)27-19(29)11-33-24(32)14-2-1-3-16(9-14)28-22(30)20-12-4-5-13(8-12)21(20)23(28)31/h1-3,6-7,9-10,12-13,20-21H,4-5,8,11H2,(H,27,29)/t12-,13-,20-,21+/m0/s1. The van der Waals surface area contributed by atoms with E-state index in [1.807, 2.05) is 0 Å². The molecule has 1 N–H and O–H groups in total. The molecule has 33 heavy (non-hydrogen) atoms. The molecule has 5 rings (SSSR count). The van der Waals surface area contributed by atoms with Crippen LogP contribution in [-0.2, 0) is 19.1 Å². The minimum absolute atomic E-state index is 0.155. The van der Waals surface area contributed by atoms with E-state index in [1.165, 1.54) is 17.0 Å². The molecule has 4 atom stereocenters. The third-order valence-electron chi connectivity index (χ3n) is 6.81. The molecule has 0 radical (unpaired) electrons. The molecule has 2 aromatic carbocycles. The Labute approximate surface area is 203 Å². The molecule has 0 aromatic heterocycles. The second-order valence-corrected chi connectivity index (χ2v) is 10.0. The van der Waals surface area contributed by atoms with Crippen molar-refractivity contribution in [2.24, 2.45) is 23.7 Å². The summed E-state index contributed by atoms with van der Waals surface area (Å²) in [6.45, 7) is -0.509. The first-order valence-electron chi connectivity index (χ1n) is 10.7. The first kappa shape index (κ1) is 22.1. The number of nitrogens with one attached hydrogen (secondary N) is 1. The maximum atomic E-state index is 13.0. The summed E-state index contributed by atoms with van der Waals surface area (Å²) < 4.78 is 5.89. The highest BCUT2D eigenvalue weighted by atomic mass is 79.9. The normalized spacial score (nSPS) is 25.3. The number of carbonyl (C=O) groups is 4. The minimum Gasteiger partial charge on any atom is -0.452 e. The van der Waals surface area contributed by atoms with Crippen molar-refractivity contribution >= 4 is 62.6 Å². The van der Waals surface area contributed by atoms with Crippen molar-refractivity contribution in [3.05, 3.63) is 57.5 Å². The van der Waals surface area contributed by atoms with Gasteiger partial charge >= 0.3 is 5.97 Å². The van der Waals surface area contributed by atoms with Crippen LogP contribution >= 0.6 is 27.5 Å². The summed E-state index contributed by atoms with van der Waals surface area (Å²) in [6, 6.07) is 11.2. The smallest absolute Gasteiger partial charge is 0.338 e. The van der Waals surface area contributed by atoms with Crippen molar-refractivity contribution in [3.8, 4) is 0 Å². The van der Waals surface area contributed by atoms with Crippen molar-refractivity contribution in [1.29, 1.82) is 0 Å². The highest BCUT2D eigenvalue weighted by molar-refractivity contribution is 9.10. The summed E-state index contributed by atoms with van der Waals surface area (Å²) in [5.41, 5.74) is 0.912. The second kappa shape index (κ2) is 8.57. The van der Waals surface area contributed by atoms with Gasteiger partial charge in [-0.3, -0.25) is 19.3 Å². The molecule has 2 bridgehead atoms. The first-order valence-corrected chi connectivity index (χ1v) is 11.9. The average molecular weight is 532 g/mol. The zero-order valence-corrected chi connectivity index (χ0v) is 19.8. The van der Waals surface area contributed by atoms with Gasteiger partial charge in [0, 0.05) is 4.47 Å². The summed E-state index contributed by atoms with van der Waals surface area (Å²) in [4.78, 5) is 52.0. The number of rotatable bonds is 5. The van der Waals surface area contributed by atoms with Gasteiger partial charge in [0.25, 0.3) is 5.91 Å². The molecule has 1 heterocycles. The van der Waals surface area contributed by atoms with E-state index in [-0.39, 0.29) is 41.0 Å². The number of hydrogen-bond acceptors (Lipinski definition) is 5. The molecule has 2 aliphatic carbocycles. The molecule has 3 amide bonds. The summed E-state index contributed by atoms with van der Waals surface area (Å²) in [7, 11) is 0. The predicted molar refractivity (Wildman–Crippen MR) is 125 cm³/mol. The molecular weight excluding hydrogens is 512 g/mol. The molecule has 7 nitrogen and oxygen atoms in total. The maximum Gasteiger partial charge on any atom is 0.338 e.